The van der Waals surface area contributed by atoms with Crippen molar-refractivity contribution in [1.29, 1.82) is 0 Å². The van der Waals surface area contributed by atoms with Crippen LogP contribution < -0.4 is 5.32 Å². The highest BCUT2D eigenvalue weighted by Crippen LogP contribution is 2.38. The van der Waals surface area contributed by atoms with Gasteiger partial charge in [0.05, 0.1) is 0 Å². The van der Waals surface area contributed by atoms with E-state index in [0.717, 1.165) is 12.5 Å². The predicted molar refractivity (Wildman–Crippen MR) is 69.7 cm³/mol. The van der Waals surface area contributed by atoms with Gasteiger partial charge in [0, 0.05) is 6.04 Å². The zero-order valence-electron chi connectivity index (χ0n) is 10.7. The first-order valence-electron chi connectivity index (χ1n) is 6.51. The topological polar surface area (TPSA) is 12.0 Å². The fourth-order valence-corrected chi connectivity index (χ4v) is 2.39. The average Bonchev–Trinajstić information content (AvgIpc) is 3.05. The fraction of sp³-hybridized carbons (Fsp3) is 0.600. The number of hydrogen-bond donors (Lipinski definition) is 1. The normalized spacial score (nSPS) is 17.4. The van der Waals surface area contributed by atoms with E-state index in [4.69, 9.17) is 0 Å². The number of benzene rings is 1. The van der Waals surface area contributed by atoms with E-state index in [-0.39, 0.29) is 0 Å². The molecule has 0 radical (unpaired) electrons. The molecular formula is C15H23N. The van der Waals surface area contributed by atoms with Gasteiger partial charge < -0.3 is 5.32 Å². The minimum atomic E-state index is 0.567. The Balaban J connectivity index is 2.18. The molecule has 1 N–H and O–H groups in total. The Morgan fingerprint density at radius 1 is 1.31 bits per heavy atom. The standard InChI is InChI=1S/C15H23N/c1-4-16-15(10-13-7-8-13)14-9-11(2)5-6-12(14)3/h5-6,9,13,15-16H,4,7-8,10H2,1-3H3. The van der Waals surface area contributed by atoms with Gasteiger partial charge in [-0.25, -0.2) is 0 Å². The molecule has 1 aliphatic carbocycles. The third-order valence-electron chi connectivity index (χ3n) is 3.53. The zero-order chi connectivity index (χ0) is 11.5. The highest BCUT2D eigenvalue weighted by atomic mass is 14.9. The Hall–Kier alpha value is -0.820. The Morgan fingerprint density at radius 3 is 2.69 bits per heavy atom. The highest BCUT2D eigenvalue weighted by Gasteiger charge is 2.26. The lowest BCUT2D eigenvalue weighted by Gasteiger charge is -2.20. The van der Waals surface area contributed by atoms with Crippen molar-refractivity contribution in [1.82, 2.24) is 5.32 Å². The second-order valence-electron chi connectivity index (χ2n) is 5.15. The third-order valence-corrected chi connectivity index (χ3v) is 3.53. The molecule has 1 aromatic rings. The monoisotopic (exact) mass is 217 g/mol. The largest absolute Gasteiger partial charge is 0.310 e. The van der Waals surface area contributed by atoms with Crippen LogP contribution in [0.4, 0.5) is 0 Å². The van der Waals surface area contributed by atoms with E-state index in [2.05, 4.69) is 44.3 Å². The van der Waals surface area contributed by atoms with Crippen LogP contribution in [0.1, 0.15) is 48.9 Å². The lowest BCUT2D eigenvalue weighted by atomic mass is 9.95. The van der Waals surface area contributed by atoms with Crippen molar-refractivity contribution in [3.8, 4) is 0 Å². The molecular weight excluding hydrogens is 194 g/mol. The molecule has 0 saturated heterocycles. The second-order valence-corrected chi connectivity index (χ2v) is 5.15. The van der Waals surface area contributed by atoms with Crippen LogP contribution >= 0.6 is 0 Å². The summed E-state index contributed by atoms with van der Waals surface area (Å²) in [5.41, 5.74) is 4.31. The SMILES string of the molecule is CCNC(CC1CC1)c1cc(C)ccc1C. The van der Waals surface area contributed by atoms with Crippen molar-refractivity contribution in [2.45, 2.75) is 46.1 Å². The molecule has 88 valence electrons. The Kier molecular flexibility index (Phi) is 3.65. The van der Waals surface area contributed by atoms with E-state index in [1.807, 2.05) is 0 Å². The van der Waals surface area contributed by atoms with Crippen LogP contribution in [0, 0.1) is 19.8 Å². The fourth-order valence-electron chi connectivity index (χ4n) is 2.39. The van der Waals surface area contributed by atoms with E-state index in [1.165, 1.54) is 36.0 Å². The van der Waals surface area contributed by atoms with Gasteiger partial charge in [0.15, 0.2) is 0 Å². The molecule has 0 amide bonds. The second kappa shape index (κ2) is 5.01. The Bertz CT molecular complexity index is 352. The number of aryl methyl sites for hydroxylation is 2. The lowest BCUT2D eigenvalue weighted by molar-refractivity contribution is 0.485. The van der Waals surface area contributed by atoms with Gasteiger partial charge in [0.2, 0.25) is 0 Å². The summed E-state index contributed by atoms with van der Waals surface area (Å²) in [6.45, 7) is 7.67. The molecule has 1 heteroatoms. The van der Waals surface area contributed by atoms with E-state index >= 15 is 0 Å². The number of nitrogens with one attached hydrogen (secondary N) is 1. The molecule has 1 aliphatic rings. The minimum Gasteiger partial charge on any atom is -0.310 e. The van der Waals surface area contributed by atoms with E-state index in [0.29, 0.717) is 6.04 Å². The quantitative estimate of drug-likeness (QED) is 0.792. The van der Waals surface area contributed by atoms with Crippen LogP contribution in [0.15, 0.2) is 18.2 Å². The summed E-state index contributed by atoms with van der Waals surface area (Å²) in [6, 6.07) is 7.38. The van der Waals surface area contributed by atoms with E-state index < -0.39 is 0 Å². The first kappa shape index (κ1) is 11.7. The summed E-state index contributed by atoms with van der Waals surface area (Å²) in [7, 11) is 0. The first-order valence-corrected chi connectivity index (χ1v) is 6.51. The van der Waals surface area contributed by atoms with E-state index in [1.54, 1.807) is 0 Å². The number of rotatable bonds is 5. The maximum Gasteiger partial charge on any atom is 0.0325 e. The van der Waals surface area contributed by atoms with Crippen LogP contribution in [0.5, 0.6) is 0 Å². The van der Waals surface area contributed by atoms with Crippen LogP contribution in [-0.4, -0.2) is 6.54 Å². The Morgan fingerprint density at radius 2 is 2.06 bits per heavy atom. The molecule has 0 aromatic heterocycles. The molecule has 1 fully saturated rings. The molecule has 1 unspecified atom stereocenters. The van der Waals surface area contributed by atoms with Crippen molar-refractivity contribution >= 4 is 0 Å². The summed E-state index contributed by atoms with van der Waals surface area (Å²) in [6.07, 6.45) is 4.19. The smallest absolute Gasteiger partial charge is 0.0325 e. The summed E-state index contributed by atoms with van der Waals surface area (Å²) >= 11 is 0. The van der Waals surface area contributed by atoms with Crippen LogP contribution in [-0.2, 0) is 0 Å². The first-order chi connectivity index (χ1) is 7.70. The van der Waals surface area contributed by atoms with Gasteiger partial charge in [-0.15, -0.1) is 0 Å². The van der Waals surface area contributed by atoms with Crippen molar-refractivity contribution < 1.29 is 0 Å². The van der Waals surface area contributed by atoms with Crippen LogP contribution in [0.25, 0.3) is 0 Å². The molecule has 0 spiro atoms. The minimum absolute atomic E-state index is 0.567. The number of hydrogen-bond acceptors (Lipinski definition) is 1. The molecule has 1 aromatic carbocycles. The van der Waals surface area contributed by atoms with Crippen molar-refractivity contribution in [2.75, 3.05) is 6.54 Å². The molecule has 16 heavy (non-hydrogen) atoms. The molecule has 1 saturated carbocycles. The van der Waals surface area contributed by atoms with Gasteiger partial charge in [-0.2, -0.15) is 0 Å². The van der Waals surface area contributed by atoms with Crippen LogP contribution in [0.2, 0.25) is 0 Å². The lowest BCUT2D eigenvalue weighted by Crippen LogP contribution is -2.22. The molecule has 0 heterocycles. The molecule has 2 rings (SSSR count). The molecule has 0 aliphatic heterocycles. The zero-order valence-corrected chi connectivity index (χ0v) is 10.7. The van der Waals surface area contributed by atoms with Crippen molar-refractivity contribution in [3.05, 3.63) is 34.9 Å². The van der Waals surface area contributed by atoms with Gasteiger partial charge in [0.25, 0.3) is 0 Å². The van der Waals surface area contributed by atoms with Crippen molar-refractivity contribution in [2.24, 2.45) is 5.92 Å². The van der Waals surface area contributed by atoms with Gasteiger partial charge in [-0.1, -0.05) is 43.5 Å². The van der Waals surface area contributed by atoms with Gasteiger partial charge in [-0.05, 0) is 43.9 Å². The van der Waals surface area contributed by atoms with Crippen LogP contribution in [0.3, 0.4) is 0 Å². The predicted octanol–water partition coefficient (Wildman–Crippen LogP) is 3.75. The average molecular weight is 217 g/mol. The van der Waals surface area contributed by atoms with Gasteiger partial charge in [0.1, 0.15) is 0 Å². The van der Waals surface area contributed by atoms with Gasteiger partial charge >= 0.3 is 0 Å². The maximum atomic E-state index is 3.64. The summed E-state index contributed by atoms with van der Waals surface area (Å²) in [5.74, 6) is 0.976. The Labute approximate surface area is 99.3 Å². The summed E-state index contributed by atoms with van der Waals surface area (Å²) < 4.78 is 0. The highest BCUT2D eigenvalue weighted by molar-refractivity contribution is 5.33. The maximum absolute atomic E-state index is 3.64. The molecule has 1 nitrogen and oxygen atoms in total. The molecule has 0 bridgehead atoms. The van der Waals surface area contributed by atoms with E-state index in [9.17, 15) is 0 Å². The van der Waals surface area contributed by atoms with Crippen molar-refractivity contribution in [3.63, 3.8) is 0 Å². The summed E-state index contributed by atoms with van der Waals surface area (Å²) in [5, 5.41) is 3.64. The van der Waals surface area contributed by atoms with Gasteiger partial charge in [-0.3, -0.25) is 0 Å². The summed E-state index contributed by atoms with van der Waals surface area (Å²) in [4.78, 5) is 0. The molecule has 1 atom stereocenters. The third kappa shape index (κ3) is 2.85.